The highest BCUT2D eigenvalue weighted by Gasteiger charge is 2.28. The zero-order valence-corrected chi connectivity index (χ0v) is 16.4. The van der Waals surface area contributed by atoms with Crippen molar-refractivity contribution in [3.05, 3.63) is 47.1 Å². The number of nitrogens with two attached hydrogens (primary N) is 1. The average Bonchev–Trinajstić information content (AvgIpc) is 3.15. The van der Waals surface area contributed by atoms with Gasteiger partial charge in [-0.05, 0) is 18.4 Å². The Labute approximate surface area is 169 Å². The van der Waals surface area contributed by atoms with Crippen LogP contribution in [0.25, 0.3) is 11.4 Å². The number of hydrogen-bond donors (Lipinski definition) is 4. The zero-order chi connectivity index (χ0) is 20.2. The lowest BCUT2D eigenvalue weighted by atomic mass is 10.0. The molecule has 9 nitrogen and oxygen atoms in total. The number of aryl methyl sites for hydroxylation is 1. The van der Waals surface area contributed by atoms with Gasteiger partial charge in [-0.3, -0.25) is 4.79 Å². The van der Waals surface area contributed by atoms with E-state index >= 15 is 0 Å². The number of amides is 1. The number of carbonyl (C=O) groups excluding carboxylic acids is 1. The largest absolute Gasteiger partial charge is 0.381 e. The number of nitrogens with zero attached hydrogens (tertiary/aromatic N) is 2. The van der Waals surface area contributed by atoms with Gasteiger partial charge < -0.3 is 30.9 Å². The SMILES string of the molecule is Cc1nc(-c2ccccc2CC2NC(=O)C(CN)=C(NC3CCOCC3)N2)no1. The molecule has 154 valence electrons. The highest BCUT2D eigenvalue weighted by atomic mass is 16.5. The molecule has 1 fully saturated rings. The van der Waals surface area contributed by atoms with Crippen LogP contribution in [0.1, 0.15) is 24.3 Å². The minimum Gasteiger partial charge on any atom is -0.381 e. The van der Waals surface area contributed by atoms with Crippen LogP contribution < -0.4 is 21.7 Å². The molecule has 4 rings (SSSR count). The van der Waals surface area contributed by atoms with Gasteiger partial charge in [0.2, 0.25) is 11.7 Å². The molecular formula is C20H26N6O3. The summed E-state index contributed by atoms with van der Waals surface area (Å²) < 4.78 is 10.5. The number of benzene rings is 1. The van der Waals surface area contributed by atoms with E-state index in [1.165, 1.54) is 0 Å². The van der Waals surface area contributed by atoms with Crippen LogP contribution in [0.5, 0.6) is 0 Å². The van der Waals surface area contributed by atoms with E-state index in [9.17, 15) is 4.79 Å². The zero-order valence-electron chi connectivity index (χ0n) is 16.4. The molecule has 5 N–H and O–H groups in total. The summed E-state index contributed by atoms with van der Waals surface area (Å²) in [5, 5.41) is 13.9. The van der Waals surface area contributed by atoms with Crippen LogP contribution >= 0.6 is 0 Å². The van der Waals surface area contributed by atoms with Crippen molar-refractivity contribution < 1.29 is 14.1 Å². The number of nitrogens with one attached hydrogen (secondary N) is 3. The Morgan fingerprint density at radius 2 is 2.03 bits per heavy atom. The fraction of sp³-hybridized carbons (Fsp3) is 0.450. The minimum absolute atomic E-state index is 0.154. The predicted molar refractivity (Wildman–Crippen MR) is 106 cm³/mol. The van der Waals surface area contributed by atoms with Crippen molar-refractivity contribution in [3.63, 3.8) is 0 Å². The highest BCUT2D eigenvalue weighted by Crippen LogP contribution is 2.23. The quantitative estimate of drug-likeness (QED) is 0.556. The van der Waals surface area contributed by atoms with Gasteiger partial charge in [-0.1, -0.05) is 29.4 Å². The molecule has 1 saturated heterocycles. The van der Waals surface area contributed by atoms with Crippen LogP contribution in [0.2, 0.25) is 0 Å². The third-order valence-electron chi connectivity index (χ3n) is 5.18. The molecule has 2 aliphatic rings. The molecule has 1 unspecified atom stereocenters. The second-order valence-corrected chi connectivity index (χ2v) is 7.26. The molecule has 9 heteroatoms. The van der Waals surface area contributed by atoms with Crippen molar-refractivity contribution in [1.82, 2.24) is 26.1 Å². The first-order valence-corrected chi connectivity index (χ1v) is 9.87. The molecule has 0 spiro atoms. The van der Waals surface area contributed by atoms with Gasteiger partial charge >= 0.3 is 0 Å². The number of hydrogen-bond acceptors (Lipinski definition) is 8. The van der Waals surface area contributed by atoms with Crippen molar-refractivity contribution in [2.75, 3.05) is 19.8 Å². The molecule has 0 radical (unpaired) electrons. The van der Waals surface area contributed by atoms with Crippen LogP contribution in [-0.2, 0) is 16.0 Å². The third kappa shape index (κ3) is 4.41. The number of carbonyl (C=O) groups is 1. The Hall–Kier alpha value is -2.91. The van der Waals surface area contributed by atoms with Crippen molar-refractivity contribution >= 4 is 5.91 Å². The van der Waals surface area contributed by atoms with Gasteiger partial charge in [-0.2, -0.15) is 4.98 Å². The minimum atomic E-state index is -0.283. The smallest absolute Gasteiger partial charge is 0.253 e. The standard InChI is InChI=1S/C20H26N6O3/c1-12-22-19(26-29-12)15-5-3-2-4-13(15)10-17-24-18(16(11-21)20(27)25-17)23-14-6-8-28-9-7-14/h2-5,14,17,23-24H,6-11,21H2,1H3,(H,25,27). The molecule has 2 aromatic rings. The van der Waals surface area contributed by atoms with E-state index < -0.39 is 0 Å². The lowest BCUT2D eigenvalue weighted by molar-refractivity contribution is -0.119. The maximum Gasteiger partial charge on any atom is 0.253 e. The lowest BCUT2D eigenvalue weighted by Gasteiger charge is -2.34. The summed E-state index contributed by atoms with van der Waals surface area (Å²) in [7, 11) is 0. The molecule has 1 aromatic carbocycles. The van der Waals surface area contributed by atoms with Crippen LogP contribution in [0.4, 0.5) is 0 Å². The number of aromatic nitrogens is 2. The normalized spacial score (nSPS) is 20.3. The molecule has 1 atom stereocenters. The van der Waals surface area contributed by atoms with Crippen molar-refractivity contribution in [2.24, 2.45) is 5.73 Å². The molecule has 0 bridgehead atoms. The van der Waals surface area contributed by atoms with E-state index in [-0.39, 0.29) is 24.7 Å². The van der Waals surface area contributed by atoms with Gasteiger partial charge in [-0.15, -0.1) is 0 Å². The Kier molecular flexibility index (Phi) is 5.77. The summed E-state index contributed by atoms with van der Waals surface area (Å²) in [6.07, 6.45) is 2.08. The Morgan fingerprint density at radius 1 is 1.24 bits per heavy atom. The average molecular weight is 398 g/mol. The summed E-state index contributed by atoms with van der Waals surface area (Å²) >= 11 is 0. The van der Waals surface area contributed by atoms with E-state index in [0.717, 1.165) is 37.2 Å². The van der Waals surface area contributed by atoms with Crippen molar-refractivity contribution in [2.45, 2.75) is 38.4 Å². The first kappa shape index (κ1) is 19.4. The predicted octanol–water partition coefficient (Wildman–Crippen LogP) is 0.572. The monoisotopic (exact) mass is 398 g/mol. The first-order valence-electron chi connectivity index (χ1n) is 9.87. The summed E-state index contributed by atoms with van der Waals surface area (Å²) in [6.45, 7) is 3.36. The van der Waals surface area contributed by atoms with Gasteiger partial charge in [0.25, 0.3) is 5.91 Å². The van der Waals surface area contributed by atoms with E-state index in [2.05, 4.69) is 26.1 Å². The van der Waals surface area contributed by atoms with Gasteiger partial charge in [0.15, 0.2) is 0 Å². The van der Waals surface area contributed by atoms with Crippen LogP contribution in [0, 0.1) is 6.92 Å². The second-order valence-electron chi connectivity index (χ2n) is 7.26. The van der Waals surface area contributed by atoms with Gasteiger partial charge in [-0.25, -0.2) is 0 Å². The molecule has 2 aliphatic heterocycles. The second kappa shape index (κ2) is 8.62. The molecule has 1 aromatic heterocycles. The number of ether oxygens (including phenoxy) is 1. The maximum absolute atomic E-state index is 12.6. The summed E-state index contributed by atoms with van der Waals surface area (Å²) in [4.78, 5) is 17.0. The number of rotatable bonds is 6. The fourth-order valence-corrected chi connectivity index (χ4v) is 3.67. The molecule has 29 heavy (non-hydrogen) atoms. The topological polar surface area (TPSA) is 127 Å². The fourth-order valence-electron chi connectivity index (χ4n) is 3.67. The lowest BCUT2D eigenvalue weighted by Crippen LogP contribution is -2.56. The highest BCUT2D eigenvalue weighted by molar-refractivity contribution is 5.95. The van der Waals surface area contributed by atoms with Crippen molar-refractivity contribution in [3.8, 4) is 11.4 Å². The van der Waals surface area contributed by atoms with Crippen LogP contribution in [0.15, 0.2) is 40.2 Å². The van der Waals surface area contributed by atoms with Gasteiger partial charge in [0.1, 0.15) is 12.0 Å². The van der Waals surface area contributed by atoms with E-state index in [1.807, 2.05) is 24.3 Å². The van der Waals surface area contributed by atoms with Crippen LogP contribution in [0.3, 0.4) is 0 Å². The van der Waals surface area contributed by atoms with Crippen molar-refractivity contribution in [1.29, 1.82) is 0 Å². The molecule has 0 saturated carbocycles. The summed E-state index contributed by atoms with van der Waals surface area (Å²) in [5.74, 6) is 1.61. The Balaban J connectivity index is 1.53. The maximum atomic E-state index is 12.6. The van der Waals surface area contributed by atoms with E-state index in [1.54, 1.807) is 6.92 Å². The molecule has 1 amide bonds. The van der Waals surface area contributed by atoms with E-state index in [0.29, 0.717) is 29.5 Å². The summed E-state index contributed by atoms with van der Waals surface area (Å²) in [6, 6.07) is 8.10. The molecular weight excluding hydrogens is 372 g/mol. The molecule has 0 aliphatic carbocycles. The first-order chi connectivity index (χ1) is 14.1. The van der Waals surface area contributed by atoms with Crippen LogP contribution in [-0.4, -0.2) is 48.0 Å². The third-order valence-corrected chi connectivity index (χ3v) is 5.18. The van der Waals surface area contributed by atoms with Gasteiger partial charge in [0, 0.05) is 44.7 Å². The molecule has 3 heterocycles. The van der Waals surface area contributed by atoms with E-state index in [4.69, 9.17) is 15.0 Å². The Bertz CT molecular complexity index is 903. The summed E-state index contributed by atoms with van der Waals surface area (Å²) in [5.41, 5.74) is 8.27. The van der Waals surface area contributed by atoms with Gasteiger partial charge in [0.05, 0.1) is 5.57 Å². The Morgan fingerprint density at radius 3 is 2.76 bits per heavy atom.